The molecule has 40 heavy (non-hydrogen) atoms. The summed E-state index contributed by atoms with van der Waals surface area (Å²) in [6.07, 6.45) is 24.0. The SMILES string of the molecule is CCCCCCCCCCCCCCCCCCc1cccc2cc3cc4cc5ccccc5cc4cc3cc12. The van der Waals surface area contributed by atoms with Crippen molar-refractivity contribution in [3.8, 4) is 0 Å². The highest BCUT2D eigenvalue weighted by molar-refractivity contribution is 6.08. The summed E-state index contributed by atoms with van der Waals surface area (Å²) in [5.41, 5.74) is 1.52. The van der Waals surface area contributed by atoms with Gasteiger partial charge >= 0.3 is 0 Å². The fraction of sp³-hybridized carbons (Fsp3) is 0.450. The molecule has 0 aliphatic rings. The molecule has 5 aromatic rings. The number of unbranched alkanes of at least 4 members (excludes halogenated alkanes) is 15. The third-order valence-corrected chi connectivity index (χ3v) is 9.05. The average molecular weight is 531 g/mol. The van der Waals surface area contributed by atoms with Gasteiger partial charge in [-0.1, -0.05) is 146 Å². The van der Waals surface area contributed by atoms with Crippen molar-refractivity contribution in [1.29, 1.82) is 0 Å². The van der Waals surface area contributed by atoms with Crippen LogP contribution in [0.4, 0.5) is 0 Å². The van der Waals surface area contributed by atoms with Crippen LogP contribution in [0.1, 0.15) is 115 Å². The topological polar surface area (TPSA) is 0 Å². The molecule has 5 aromatic carbocycles. The molecule has 0 aliphatic carbocycles. The van der Waals surface area contributed by atoms with Crippen molar-refractivity contribution in [3.63, 3.8) is 0 Å². The van der Waals surface area contributed by atoms with Crippen LogP contribution in [0, 0.1) is 0 Å². The van der Waals surface area contributed by atoms with Crippen molar-refractivity contribution >= 4 is 43.1 Å². The Balaban J connectivity index is 1.05. The number of benzene rings is 5. The zero-order chi connectivity index (χ0) is 27.4. The molecule has 0 spiro atoms. The van der Waals surface area contributed by atoms with Crippen LogP contribution in [-0.2, 0) is 6.42 Å². The molecule has 0 radical (unpaired) electrons. The van der Waals surface area contributed by atoms with Crippen molar-refractivity contribution < 1.29 is 0 Å². The molecule has 0 fully saturated rings. The Morgan fingerprint density at radius 3 is 1.27 bits per heavy atom. The van der Waals surface area contributed by atoms with Crippen molar-refractivity contribution in [2.45, 2.75) is 116 Å². The molecule has 0 aliphatic heterocycles. The molecular formula is C40H50. The van der Waals surface area contributed by atoms with E-state index < -0.39 is 0 Å². The third kappa shape index (κ3) is 7.87. The van der Waals surface area contributed by atoms with Crippen molar-refractivity contribution in [2.24, 2.45) is 0 Å². The molecular weight excluding hydrogens is 480 g/mol. The Morgan fingerprint density at radius 1 is 0.350 bits per heavy atom. The van der Waals surface area contributed by atoms with E-state index in [9.17, 15) is 0 Å². The van der Waals surface area contributed by atoms with Gasteiger partial charge in [0.05, 0.1) is 0 Å². The van der Waals surface area contributed by atoms with Crippen LogP contribution in [0.5, 0.6) is 0 Å². The summed E-state index contributed by atoms with van der Waals surface area (Å²) in [6, 6.07) is 29.9. The smallest absolute Gasteiger partial charge is 0.0146 e. The quantitative estimate of drug-likeness (QED) is 0.0828. The lowest BCUT2D eigenvalue weighted by molar-refractivity contribution is 0.529. The molecule has 0 amide bonds. The van der Waals surface area contributed by atoms with E-state index in [0.717, 1.165) is 0 Å². The van der Waals surface area contributed by atoms with Crippen LogP contribution in [0.2, 0.25) is 0 Å². The Labute approximate surface area is 243 Å². The Bertz CT molecular complexity index is 1490. The Hall–Kier alpha value is -2.86. The number of fused-ring (bicyclic) bond motifs is 4. The van der Waals surface area contributed by atoms with E-state index in [1.165, 1.54) is 158 Å². The van der Waals surface area contributed by atoms with E-state index in [2.05, 4.69) is 85.8 Å². The van der Waals surface area contributed by atoms with Crippen molar-refractivity contribution in [3.05, 3.63) is 84.4 Å². The van der Waals surface area contributed by atoms with Crippen LogP contribution in [0.15, 0.2) is 78.9 Å². The Morgan fingerprint density at radius 2 is 0.750 bits per heavy atom. The summed E-state index contributed by atoms with van der Waals surface area (Å²) in [6.45, 7) is 2.30. The van der Waals surface area contributed by atoms with Gasteiger partial charge in [-0.05, 0) is 97.9 Å². The summed E-state index contributed by atoms with van der Waals surface area (Å²) in [5.74, 6) is 0. The first-order chi connectivity index (χ1) is 19.8. The largest absolute Gasteiger partial charge is 0.0654 e. The second-order valence-electron chi connectivity index (χ2n) is 12.3. The number of aryl methyl sites for hydroxylation is 1. The van der Waals surface area contributed by atoms with Gasteiger partial charge in [-0.2, -0.15) is 0 Å². The van der Waals surface area contributed by atoms with Crippen LogP contribution in [-0.4, -0.2) is 0 Å². The lowest BCUT2D eigenvalue weighted by Crippen LogP contribution is -1.89. The van der Waals surface area contributed by atoms with Gasteiger partial charge in [0.2, 0.25) is 0 Å². The van der Waals surface area contributed by atoms with Crippen LogP contribution in [0.3, 0.4) is 0 Å². The van der Waals surface area contributed by atoms with E-state index in [1.54, 1.807) is 0 Å². The minimum atomic E-state index is 1.19. The molecule has 0 saturated carbocycles. The molecule has 0 heteroatoms. The van der Waals surface area contributed by atoms with Crippen LogP contribution < -0.4 is 0 Å². The van der Waals surface area contributed by atoms with Crippen LogP contribution >= 0.6 is 0 Å². The summed E-state index contributed by atoms with van der Waals surface area (Å²) in [4.78, 5) is 0. The van der Waals surface area contributed by atoms with Gasteiger partial charge in [0.1, 0.15) is 0 Å². The van der Waals surface area contributed by atoms with Gasteiger partial charge in [0.25, 0.3) is 0 Å². The molecule has 5 rings (SSSR count). The first kappa shape index (κ1) is 28.7. The maximum atomic E-state index is 2.45. The highest BCUT2D eigenvalue weighted by Gasteiger charge is 2.06. The van der Waals surface area contributed by atoms with Gasteiger partial charge in [-0.15, -0.1) is 0 Å². The summed E-state index contributed by atoms with van der Waals surface area (Å²) in [7, 11) is 0. The maximum absolute atomic E-state index is 2.45. The number of rotatable bonds is 17. The molecule has 210 valence electrons. The molecule has 0 nitrogen and oxygen atoms in total. The lowest BCUT2D eigenvalue weighted by Gasteiger charge is -2.10. The minimum absolute atomic E-state index is 1.19. The second-order valence-corrected chi connectivity index (χ2v) is 12.3. The van der Waals surface area contributed by atoms with Gasteiger partial charge in [-0.25, -0.2) is 0 Å². The van der Waals surface area contributed by atoms with E-state index in [4.69, 9.17) is 0 Å². The average Bonchev–Trinajstić information content (AvgIpc) is 2.98. The molecule has 0 bridgehead atoms. The van der Waals surface area contributed by atoms with Crippen molar-refractivity contribution in [2.75, 3.05) is 0 Å². The highest BCUT2D eigenvalue weighted by Crippen LogP contribution is 2.31. The molecule has 0 aromatic heterocycles. The van der Waals surface area contributed by atoms with Gasteiger partial charge in [0, 0.05) is 0 Å². The van der Waals surface area contributed by atoms with Crippen molar-refractivity contribution in [1.82, 2.24) is 0 Å². The van der Waals surface area contributed by atoms with E-state index in [0.29, 0.717) is 0 Å². The highest BCUT2D eigenvalue weighted by atomic mass is 14.1. The van der Waals surface area contributed by atoms with E-state index in [1.807, 2.05) is 0 Å². The lowest BCUT2D eigenvalue weighted by atomic mass is 9.94. The number of hydrogen-bond donors (Lipinski definition) is 0. The minimum Gasteiger partial charge on any atom is -0.0654 e. The molecule has 0 saturated heterocycles. The molecule has 0 atom stereocenters. The second kappa shape index (κ2) is 15.2. The summed E-state index contributed by atoms with van der Waals surface area (Å²) >= 11 is 0. The zero-order valence-corrected chi connectivity index (χ0v) is 25.0. The fourth-order valence-electron chi connectivity index (χ4n) is 6.62. The van der Waals surface area contributed by atoms with Crippen LogP contribution in [0.25, 0.3) is 43.1 Å². The van der Waals surface area contributed by atoms with Gasteiger partial charge < -0.3 is 0 Å². The summed E-state index contributed by atoms with van der Waals surface area (Å²) in [5, 5.41) is 10.8. The molecule has 0 unspecified atom stereocenters. The predicted molar refractivity (Wildman–Crippen MR) is 180 cm³/mol. The molecule has 0 N–H and O–H groups in total. The maximum Gasteiger partial charge on any atom is -0.0146 e. The van der Waals surface area contributed by atoms with E-state index in [-0.39, 0.29) is 0 Å². The van der Waals surface area contributed by atoms with Gasteiger partial charge in [0.15, 0.2) is 0 Å². The van der Waals surface area contributed by atoms with Gasteiger partial charge in [-0.3, -0.25) is 0 Å². The normalized spacial score (nSPS) is 11.8. The molecule has 0 heterocycles. The monoisotopic (exact) mass is 530 g/mol. The first-order valence-corrected chi connectivity index (χ1v) is 16.6. The standard InChI is InChI=1S/C40H50/c1-2-3-4-5-6-7-8-9-10-11-12-13-14-15-16-17-21-32-24-20-25-35-28-38-29-36-26-33-22-18-19-23-34(33)27-37(36)30-39(38)31-40(32)35/h18-20,22-31H,2-17,21H2,1H3. The van der Waals surface area contributed by atoms with E-state index >= 15 is 0 Å². The predicted octanol–water partition coefficient (Wildman–Crippen LogP) is 13.1. The number of hydrogen-bond acceptors (Lipinski definition) is 0. The Kier molecular flexibility index (Phi) is 10.9. The zero-order valence-electron chi connectivity index (χ0n) is 25.0. The first-order valence-electron chi connectivity index (χ1n) is 16.6. The fourth-order valence-corrected chi connectivity index (χ4v) is 6.62. The summed E-state index contributed by atoms with van der Waals surface area (Å²) < 4.78 is 0. The third-order valence-electron chi connectivity index (χ3n) is 9.05.